The zero-order valence-corrected chi connectivity index (χ0v) is 16.9. The van der Waals surface area contributed by atoms with Gasteiger partial charge in [-0.05, 0) is 57.7 Å². The summed E-state index contributed by atoms with van der Waals surface area (Å²) >= 11 is 0. The van der Waals surface area contributed by atoms with Crippen LogP contribution in [0.15, 0.2) is 12.1 Å². The molecule has 3 amide bonds. The molecule has 146 valence electrons. The van der Waals surface area contributed by atoms with E-state index in [9.17, 15) is 9.59 Å². The van der Waals surface area contributed by atoms with Gasteiger partial charge in [0, 0.05) is 6.54 Å². The van der Waals surface area contributed by atoms with E-state index in [1.54, 1.807) is 26.8 Å². The zero-order valence-electron chi connectivity index (χ0n) is 16.9. The summed E-state index contributed by atoms with van der Waals surface area (Å²) in [6.45, 7) is 11.7. The smallest absolute Gasteiger partial charge is 0.418 e. The summed E-state index contributed by atoms with van der Waals surface area (Å²) in [6, 6.07) is 3.19. The Hall–Kier alpha value is -2.24. The first-order chi connectivity index (χ1) is 12.1. The van der Waals surface area contributed by atoms with Crippen LogP contribution in [0.4, 0.5) is 21.0 Å². The maximum absolute atomic E-state index is 12.7. The molecule has 3 N–H and O–H groups in total. The number of anilines is 2. The van der Waals surface area contributed by atoms with Crippen molar-refractivity contribution >= 4 is 23.5 Å². The van der Waals surface area contributed by atoms with Crippen LogP contribution in [0.25, 0.3) is 0 Å². The molecule has 0 aliphatic rings. The molecule has 0 unspecified atom stereocenters. The first kappa shape index (κ1) is 21.8. The van der Waals surface area contributed by atoms with Crippen molar-refractivity contribution in [3.8, 4) is 0 Å². The summed E-state index contributed by atoms with van der Waals surface area (Å²) in [5.74, 6) is 0. The second kappa shape index (κ2) is 9.46. The Kier molecular flexibility index (Phi) is 7.93. The van der Waals surface area contributed by atoms with Gasteiger partial charge in [0.05, 0.1) is 11.4 Å². The molecule has 0 atom stereocenters. The highest BCUT2D eigenvalue weighted by Gasteiger charge is 2.27. The van der Waals surface area contributed by atoms with Gasteiger partial charge in [-0.25, -0.2) is 14.5 Å². The lowest BCUT2D eigenvalue weighted by Gasteiger charge is -2.26. The Labute approximate surface area is 157 Å². The Morgan fingerprint density at radius 1 is 1.19 bits per heavy atom. The van der Waals surface area contributed by atoms with Crippen LogP contribution >= 0.6 is 0 Å². The molecule has 0 radical (unpaired) electrons. The van der Waals surface area contributed by atoms with Gasteiger partial charge in [-0.1, -0.05) is 32.8 Å². The van der Waals surface area contributed by atoms with Crippen molar-refractivity contribution in [2.45, 2.75) is 72.8 Å². The number of unbranched alkanes of at least 4 members (excludes halogenated alkanes) is 2. The van der Waals surface area contributed by atoms with Gasteiger partial charge < -0.3 is 15.8 Å². The molecule has 0 heterocycles. The summed E-state index contributed by atoms with van der Waals surface area (Å²) in [5.41, 5.74) is 8.60. The SMILES string of the molecule is CCCCCN(C(=O)Nc1ccc(CC)c(C)c1N)C(=O)OC(C)(C)C. The van der Waals surface area contributed by atoms with Crippen molar-refractivity contribution in [3.05, 3.63) is 23.3 Å². The summed E-state index contributed by atoms with van der Waals surface area (Å²) in [5, 5.41) is 2.76. The van der Waals surface area contributed by atoms with Crippen LogP contribution in [0.1, 0.15) is 65.0 Å². The molecule has 6 heteroatoms. The minimum atomic E-state index is -0.668. The number of aryl methyl sites for hydroxylation is 1. The number of hydrogen-bond donors (Lipinski definition) is 2. The van der Waals surface area contributed by atoms with Crippen LogP contribution in [0.5, 0.6) is 0 Å². The maximum Gasteiger partial charge on any atom is 0.418 e. The van der Waals surface area contributed by atoms with Crippen molar-refractivity contribution in [1.29, 1.82) is 0 Å². The van der Waals surface area contributed by atoms with E-state index in [0.717, 1.165) is 41.7 Å². The first-order valence-electron chi connectivity index (χ1n) is 9.30. The van der Waals surface area contributed by atoms with E-state index >= 15 is 0 Å². The van der Waals surface area contributed by atoms with E-state index in [2.05, 4.69) is 19.2 Å². The molecule has 0 aliphatic carbocycles. The number of nitrogens with zero attached hydrogens (tertiary/aromatic N) is 1. The number of nitrogens with two attached hydrogens (primary N) is 1. The van der Waals surface area contributed by atoms with Crippen LogP contribution in [0.3, 0.4) is 0 Å². The van der Waals surface area contributed by atoms with Gasteiger partial charge in [0.2, 0.25) is 0 Å². The molecular formula is C20H33N3O3. The summed E-state index contributed by atoms with van der Waals surface area (Å²) in [4.78, 5) is 26.3. The molecule has 26 heavy (non-hydrogen) atoms. The fourth-order valence-corrected chi connectivity index (χ4v) is 2.56. The van der Waals surface area contributed by atoms with Crippen molar-refractivity contribution in [1.82, 2.24) is 4.90 Å². The molecule has 0 saturated carbocycles. The van der Waals surface area contributed by atoms with Gasteiger partial charge >= 0.3 is 12.1 Å². The highest BCUT2D eigenvalue weighted by Crippen LogP contribution is 2.26. The Bertz CT molecular complexity index is 636. The molecule has 0 aliphatic heterocycles. The lowest BCUT2D eigenvalue weighted by atomic mass is 10.0. The van der Waals surface area contributed by atoms with Gasteiger partial charge in [0.1, 0.15) is 5.60 Å². The third-order valence-corrected chi connectivity index (χ3v) is 4.09. The van der Waals surface area contributed by atoms with Crippen LogP contribution in [-0.4, -0.2) is 29.2 Å². The fourth-order valence-electron chi connectivity index (χ4n) is 2.56. The van der Waals surface area contributed by atoms with Gasteiger partial charge in [-0.3, -0.25) is 0 Å². The average Bonchev–Trinajstić information content (AvgIpc) is 2.54. The molecule has 0 fully saturated rings. The number of nitrogen functional groups attached to an aromatic ring is 1. The third-order valence-electron chi connectivity index (χ3n) is 4.09. The predicted octanol–water partition coefficient (Wildman–Crippen LogP) is 5.10. The van der Waals surface area contributed by atoms with Gasteiger partial charge in [0.15, 0.2) is 0 Å². The number of benzene rings is 1. The van der Waals surface area contributed by atoms with Gasteiger partial charge in [0.25, 0.3) is 0 Å². The lowest BCUT2D eigenvalue weighted by Crippen LogP contribution is -2.43. The molecular weight excluding hydrogens is 330 g/mol. The molecule has 0 bridgehead atoms. The van der Waals surface area contributed by atoms with Gasteiger partial charge in [-0.15, -0.1) is 0 Å². The van der Waals surface area contributed by atoms with Crippen LogP contribution in [-0.2, 0) is 11.2 Å². The number of imide groups is 1. The highest BCUT2D eigenvalue weighted by atomic mass is 16.6. The molecule has 0 spiro atoms. The number of hydrogen-bond acceptors (Lipinski definition) is 4. The van der Waals surface area contributed by atoms with E-state index in [-0.39, 0.29) is 0 Å². The molecule has 6 nitrogen and oxygen atoms in total. The Balaban J connectivity index is 2.98. The standard InChI is InChI=1S/C20H33N3O3/c1-7-9-10-13-23(19(25)26-20(4,5)6)18(24)22-16-12-11-15(8-2)14(3)17(16)21/h11-12H,7-10,13,21H2,1-6H3,(H,22,24). The molecule has 1 aromatic carbocycles. The van der Waals surface area contributed by atoms with Crippen molar-refractivity contribution in [3.63, 3.8) is 0 Å². The molecule has 0 aromatic heterocycles. The predicted molar refractivity (Wildman–Crippen MR) is 106 cm³/mol. The molecule has 1 aromatic rings. The first-order valence-corrected chi connectivity index (χ1v) is 9.30. The maximum atomic E-state index is 12.7. The summed E-state index contributed by atoms with van der Waals surface area (Å²) in [6.07, 6.45) is 2.87. The monoisotopic (exact) mass is 363 g/mol. The summed E-state index contributed by atoms with van der Waals surface area (Å²) in [7, 11) is 0. The van der Waals surface area contributed by atoms with E-state index in [1.807, 2.05) is 13.0 Å². The number of carbonyl (C=O) groups is 2. The minimum absolute atomic E-state index is 0.306. The van der Waals surface area contributed by atoms with Crippen LogP contribution in [0.2, 0.25) is 0 Å². The number of ether oxygens (including phenoxy) is 1. The van der Waals surface area contributed by atoms with Crippen LogP contribution < -0.4 is 11.1 Å². The van der Waals surface area contributed by atoms with E-state index in [0.29, 0.717) is 17.9 Å². The third kappa shape index (κ3) is 6.24. The van der Waals surface area contributed by atoms with Crippen molar-refractivity contribution < 1.29 is 14.3 Å². The fraction of sp³-hybridized carbons (Fsp3) is 0.600. The van der Waals surface area contributed by atoms with Crippen molar-refractivity contribution in [2.24, 2.45) is 0 Å². The highest BCUT2D eigenvalue weighted by molar-refractivity contribution is 6.01. The Morgan fingerprint density at radius 3 is 2.38 bits per heavy atom. The minimum Gasteiger partial charge on any atom is -0.443 e. The lowest BCUT2D eigenvalue weighted by molar-refractivity contribution is 0.0330. The molecule has 0 saturated heterocycles. The number of urea groups is 1. The normalized spacial score (nSPS) is 11.2. The number of rotatable bonds is 6. The van der Waals surface area contributed by atoms with E-state index in [4.69, 9.17) is 10.5 Å². The number of nitrogens with one attached hydrogen (secondary N) is 1. The van der Waals surface area contributed by atoms with Crippen LogP contribution in [0, 0.1) is 6.92 Å². The second-order valence-electron chi connectivity index (χ2n) is 7.43. The number of carbonyl (C=O) groups excluding carboxylic acids is 2. The molecule has 1 rings (SSSR count). The Morgan fingerprint density at radius 2 is 1.85 bits per heavy atom. The van der Waals surface area contributed by atoms with Gasteiger partial charge in [-0.2, -0.15) is 0 Å². The van der Waals surface area contributed by atoms with E-state index in [1.165, 1.54) is 0 Å². The average molecular weight is 364 g/mol. The largest absolute Gasteiger partial charge is 0.443 e. The van der Waals surface area contributed by atoms with E-state index < -0.39 is 17.7 Å². The number of amides is 3. The zero-order chi connectivity index (χ0) is 19.9. The van der Waals surface area contributed by atoms with Crippen molar-refractivity contribution in [2.75, 3.05) is 17.6 Å². The summed E-state index contributed by atoms with van der Waals surface area (Å²) < 4.78 is 5.37. The second-order valence-corrected chi connectivity index (χ2v) is 7.43. The quantitative estimate of drug-likeness (QED) is 0.544. The topological polar surface area (TPSA) is 84.7 Å².